The first-order valence-corrected chi connectivity index (χ1v) is 9.78. The van der Waals surface area contributed by atoms with Gasteiger partial charge in [0.25, 0.3) is 11.8 Å². The lowest BCUT2D eigenvalue weighted by atomic mass is 9.99. The molecule has 2 amide bonds. The maximum Gasteiger partial charge on any atom is 0.259 e. The Morgan fingerprint density at radius 1 is 1.11 bits per heavy atom. The first-order valence-electron chi connectivity index (χ1n) is 9.78. The molecule has 1 fully saturated rings. The fourth-order valence-corrected chi connectivity index (χ4v) is 3.74. The second kappa shape index (κ2) is 8.80. The molecule has 1 atom stereocenters. The van der Waals surface area contributed by atoms with E-state index >= 15 is 0 Å². The van der Waals surface area contributed by atoms with Gasteiger partial charge in [-0.2, -0.15) is 0 Å². The molecule has 27 heavy (non-hydrogen) atoms. The smallest absolute Gasteiger partial charge is 0.259 e. The molecule has 1 aliphatic heterocycles. The van der Waals surface area contributed by atoms with Gasteiger partial charge in [0.15, 0.2) is 0 Å². The number of benzene rings is 1. The predicted octanol–water partition coefficient (Wildman–Crippen LogP) is 4.15. The Morgan fingerprint density at radius 3 is 2.56 bits per heavy atom. The van der Waals surface area contributed by atoms with Gasteiger partial charge in [-0.1, -0.05) is 25.1 Å². The lowest BCUT2D eigenvalue weighted by Gasteiger charge is -2.35. The summed E-state index contributed by atoms with van der Waals surface area (Å²) in [6.45, 7) is 5.38. The minimum Gasteiger partial charge on any atom is -0.336 e. The number of hydrogen-bond donors (Lipinski definition) is 0. The van der Waals surface area contributed by atoms with Gasteiger partial charge < -0.3 is 9.80 Å². The van der Waals surface area contributed by atoms with Gasteiger partial charge in [-0.3, -0.25) is 14.6 Å². The van der Waals surface area contributed by atoms with Crippen molar-refractivity contribution in [1.29, 1.82) is 0 Å². The third-order valence-corrected chi connectivity index (χ3v) is 5.22. The van der Waals surface area contributed by atoms with Crippen LogP contribution < -0.4 is 4.90 Å². The molecular formula is C22H27N3O2. The molecule has 2 heterocycles. The average molecular weight is 365 g/mol. The molecular weight excluding hydrogens is 338 g/mol. The minimum absolute atomic E-state index is 0.0218. The number of carbonyl (C=O) groups excluding carboxylic acids is 2. The predicted molar refractivity (Wildman–Crippen MR) is 107 cm³/mol. The molecule has 1 unspecified atom stereocenters. The summed E-state index contributed by atoms with van der Waals surface area (Å²) in [6, 6.07) is 11.5. The van der Waals surface area contributed by atoms with Crippen LogP contribution in [0.3, 0.4) is 0 Å². The topological polar surface area (TPSA) is 53.5 Å². The number of anilines is 1. The Morgan fingerprint density at radius 2 is 1.85 bits per heavy atom. The van der Waals surface area contributed by atoms with Crippen LogP contribution in [0.1, 0.15) is 60.2 Å². The zero-order valence-corrected chi connectivity index (χ0v) is 16.1. The van der Waals surface area contributed by atoms with Crippen molar-refractivity contribution in [1.82, 2.24) is 9.88 Å². The number of carbonyl (C=O) groups is 2. The van der Waals surface area contributed by atoms with Gasteiger partial charge >= 0.3 is 0 Å². The number of para-hydroxylation sites is 1. The Balaban J connectivity index is 1.84. The standard InChI is InChI=1S/C22H27N3O2/c1-3-19-10-8-9-13-25(19)22(27)18-14-17(15-23-16-18)21(26)24(4-2)20-11-6-5-7-12-20/h5-7,11-12,14-16,19H,3-4,8-10,13H2,1-2H3. The van der Waals surface area contributed by atoms with Crippen molar-refractivity contribution in [3.05, 3.63) is 59.9 Å². The van der Waals surface area contributed by atoms with E-state index in [1.807, 2.05) is 42.2 Å². The summed E-state index contributed by atoms with van der Waals surface area (Å²) in [5.41, 5.74) is 1.77. The second-order valence-electron chi connectivity index (χ2n) is 6.90. The highest BCUT2D eigenvalue weighted by molar-refractivity contribution is 6.07. The lowest BCUT2D eigenvalue weighted by molar-refractivity contribution is 0.0607. The van der Waals surface area contributed by atoms with Crippen LogP contribution in [0, 0.1) is 0 Å². The summed E-state index contributed by atoms with van der Waals surface area (Å²) < 4.78 is 0. The van der Waals surface area contributed by atoms with Gasteiger partial charge in [0.1, 0.15) is 0 Å². The van der Waals surface area contributed by atoms with Crippen molar-refractivity contribution in [3.8, 4) is 0 Å². The molecule has 1 aromatic carbocycles. The SMILES string of the molecule is CCC1CCCCN1C(=O)c1cncc(C(=O)N(CC)c2ccccc2)c1. The van der Waals surface area contributed by atoms with Crippen LogP contribution >= 0.6 is 0 Å². The van der Waals surface area contributed by atoms with E-state index in [2.05, 4.69) is 11.9 Å². The van der Waals surface area contributed by atoms with Gasteiger partial charge in [-0.15, -0.1) is 0 Å². The maximum absolute atomic E-state index is 13.0. The molecule has 0 bridgehead atoms. The van der Waals surface area contributed by atoms with Crippen LogP contribution in [-0.2, 0) is 0 Å². The first-order chi connectivity index (χ1) is 13.2. The van der Waals surface area contributed by atoms with E-state index in [0.717, 1.165) is 31.5 Å². The third kappa shape index (κ3) is 4.18. The molecule has 0 N–H and O–H groups in total. The maximum atomic E-state index is 13.0. The monoisotopic (exact) mass is 365 g/mol. The normalized spacial score (nSPS) is 16.8. The van der Waals surface area contributed by atoms with Crippen molar-refractivity contribution in [2.45, 2.75) is 45.6 Å². The van der Waals surface area contributed by atoms with Crippen molar-refractivity contribution >= 4 is 17.5 Å². The largest absolute Gasteiger partial charge is 0.336 e. The number of aromatic nitrogens is 1. The summed E-state index contributed by atoms with van der Waals surface area (Å²) in [7, 11) is 0. The average Bonchev–Trinajstić information content (AvgIpc) is 2.74. The van der Waals surface area contributed by atoms with E-state index < -0.39 is 0 Å². The van der Waals surface area contributed by atoms with Crippen LogP contribution in [0.2, 0.25) is 0 Å². The lowest BCUT2D eigenvalue weighted by Crippen LogP contribution is -2.43. The molecule has 0 spiro atoms. The molecule has 0 aliphatic carbocycles. The molecule has 2 aromatic rings. The molecule has 0 saturated carbocycles. The Labute approximate surface area is 161 Å². The second-order valence-corrected chi connectivity index (χ2v) is 6.90. The molecule has 3 rings (SSSR count). The highest BCUT2D eigenvalue weighted by atomic mass is 16.2. The van der Waals surface area contributed by atoms with E-state index in [1.165, 1.54) is 12.6 Å². The summed E-state index contributed by atoms with van der Waals surface area (Å²) in [4.78, 5) is 33.9. The van der Waals surface area contributed by atoms with Gasteiger partial charge in [-0.25, -0.2) is 0 Å². The Hall–Kier alpha value is -2.69. The van der Waals surface area contributed by atoms with Crippen molar-refractivity contribution in [2.24, 2.45) is 0 Å². The van der Waals surface area contributed by atoms with Crippen LogP contribution in [0.4, 0.5) is 5.69 Å². The Bertz CT molecular complexity index is 791. The van der Waals surface area contributed by atoms with Crippen LogP contribution in [0.25, 0.3) is 0 Å². The van der Waals surface area contributed by atoms with Gasteiger partial charge in [0.2, 0.25) is 0 Å². The molecule has 142 valence electrons. The van der Waals surface area contributed by atoms with E-state index in [9.17, 15) is 9.59 Å². The zero-order valence-electron chi connectivity index (χ0n) is 16.1. The quantitative estimate of drug-likeness (QED) is 0.800. The molecule has 5 heteroatoms. The fourth-order valence-electron chi connectivity index (χ4n) is 3.74. The summed E-state index contributed by atoms with van der Waals surface area (Å²) >= 11 is 0. The molecule has 0 radical (unpaired) electrons. The van der Waals surface area contributed by atoms with Crippen molar-refractivity contribution in [2.75, 3.05) is 18.0 Å². The van der Waals surface area contributed by atoms with E-state index in [4.69, 9.17) is 0 Å². The summed E-state index contributed by atoms with van der Waals surface area (Å²) in [5.74, 6) is -0.164. The molecule has 5 nitrogen and oxygen atoms in total. The highest BCUT2D eigenvalue weighted by Gasteiger charge is 2.27. The number of hydrogen-bond acceptors (Lipinski definition) is 3. The van der Waals surface area contributed by atoms with E-state index in [-0.39, 0.29) is 17.9 Å². The Kier molecular flexibility index (Phi) is 6.22. The number of nitrogens with zero attached hydrogens (tertiary/aromatic N) is 3. The van der Waals surface area contributed by atoms with Gasteiger partial charge in [0.05, 0.1) is 11.1 Å². The number of rotatable bonds is 5. The van der Waals surface area contributed by atoms with Crippen molar-refractivity contribution < 1.29 is 9.59 Å². The number of amides is 2. The molecule has 1 aromatic heterocycles. The first kappa shape index (κ1) is 19.1. The van der Waals surface area contributed by atoms with E-state index in [0.29, 0.717) is 17.7 Å². The van der Waals surface area contributed by atoms with Gasteiger partial charge in [-0.05, 0) is 50.8 Å². The highest BCUT2D eigenvalue weighted by Crippen LogP contribution is 2.22. The minimum atomic E-state index is -0.142. The van der Waals surface area contributed by atoms with E-state index in [1.54, 1.807) is 17.2 Å². The fraction of sp³-hybridized carbons (Fsp3) is 0.409. The molecule has 1 aliphatic rings. The molecule has 1 saturated heterocycles. The third-order valence-electron chi connectivity index (χ3n) is 5.22. The number of piperidine rings is 1. The van der Waals surface area contributed by atoms with Crippen LogP contribution in [0.5, 0.6) is 0 Å². The van der Waals surface area contributed by atoms with Crippen molar-refractivity contribution in [3.63, 3.8) is 0 Å². The van der Waals surface area contributed by atoms with Crippen LogP contribution in [-0.4, -0.2) is 40.8 Å². The van der Waals surface area contributed by atoms with Gasteiger partial charge in [0, 0.05) is 37.2 Å². The summed E-state index contributed by atoms with van der Waals surface area (Å²) in [6.07, 6.45) is 7.31. The number of likely N-dealkylation sites (tertiary alicyclic amines) is 1. The summed E-state index contributed by atoms with van der Waals surface area (Å²) in [5, 5.41) is 0. The van der Waals surface area contributed by atoms with Crippen LogP contribution in [0.15, 0.2) is 48.8 Å². The number of pyridine rings is 1. The zero-order chi connectivity index (χ0) is 19.2.